The van der Waals surface area contributed by atoms with E-state index in [2.05, 4.69) is 36.2 Å². The number of hydrogen-bond acceptors (Lipinski definition) is 1. The Labute approximate surface area is 92.2 Å². The minimum atomic E-state index is 0.705. The summed E-state index contributed by atoms with van der Waals surface area (Å²) in [5, 5.41) is 0. The first-order valence-electron chi connectivity index (χ1n) is 5.85. The second-order valence-corrected chi connectivity index (χ2v) is 4.41. The number of benzene rings is 1. The third-order valence-corrected chi connectivity index (χ3v) is 3.40. The van der Waals surface area contributed by atoms with E-state index in [1.807, 2.05) is 7.05 Å². The Morgan fingerprint density at radius 2 is 1.87 bits per heavy atom. The zero-order valence-corrected chi connectivity index (χ0v) is 9.66. The molecule has 0 saturated heterocycles. The first-order valence-corrected chi connectivity index (χ1v) is 5.85. The van der Waals surface area contributed by atoms with Gasteiger partial charge in [-0.15, -0.1) is 0 Å². The Hall–Kier alpha value is -1.11. The van der Waals surface area contributed by atoms with E-state index in [0.717, 1.165) is 0 Å². The molecule has 0 N–H and O–H groups in total. The van der Waals surface area contributed by atoms with Crippen molar-refractivity contribution in [2.75, 3.05) is 7.05 Å². The molecule has 0 aromatic heterocycles. The highest BCUT2D eigenvalue weighted by Crippen LogP contribution is 2.29. The van der Waals surface area contributed by atoms with Crippen LogP contribution in [-0.4, -0.2) is 12.8 Å². The Morgan fingerprint density at radius 3 is 2.47 bits per heavy atom. The van der Waals surface area contributed by atoms with Crippen molar-refractivity contribution in [1.29, 1.82) is 0 Å². The molecule has 1 nitrogen and oxygen atoms in total. The van der Waals surface area contributed by atoms with E-state index < -0.39 is 0 Å². The van der Waals surface area contributed by atoms with E-state index in [4.69, 9.17) is 0 Å². The van der Waals surface area contributed by atoms with Crippen LogP contribution in [0.15, 0.2) is 29.3 Å². The molecule has 0 radical (unpaired) electrons. The highest BCUT2D eigenvalue weighted by Gasteiger charge is 2.22. The molecule has 0 heterocycles. The summed E-state index contributed by atoms with van der Waals surface area (Å²) in [6, 6.07) is 8.59. The summed E-state index contributed by atoms with van der Waals surface area (Å²) in [5.41, 5.74) is 4.03. The summed E-state index contributed by atoms with van der Waals surface area (Å²) >= 11 is 0. The van der Waals surface area contributed by atoms with Crippen molar-refractivity contribution in [2.24, 2.45) is 10.9 Å². The first-order chi connectivity index (χ1) is 7.33. The molecule has 0 bridgehead atoms. The van der Waals surface area contributed by atoms with Gasteiger partial charge >= 0.3 is 0 Å². The molecule has 2 rings (SSSR count). The molecule has 1 aliphatic rings. The van der Waals surface area contributed by atoms with Crippen LogP contribution in [0.4, 0.5) is 0 Å². The highest BCUT2D eigenvalue weighted by molar-refractivity contribution is 6.03. The Morgan fingerprint density at radius 1 is 1.20 bits per heavy atom. The lowest BCUT2D eigenvalue weighted by molar-refractivity contribution is 0.727. The molecule has 0 atom stereocenters. The predicted molar refractivity (Wildman–Crippen MR) is 65.6 cm³/mol. The van der Waals surface area contributed by atoms with Crippen LogP contribution < -0.4 is 0 Å². The third kappa shape index (κ3) is 2.11. The summed E-state index contributed by atoms with van der Waals surface area (Å²) in [4.78, 5) is 4.52. The van der Waals surface area contributed by atoms with Gasteiger partial charge in [0.25, 0.3) is 0 Å². The lowest BCUT2D eigenvalue weighted by Gasteiger charge is -2.15. The van der Waals surface area contributed by atoms with Crippen molar-refractivity contribution in [3.8, 4) is 0 Å². The quantitative estimate of drug-likeness (QED) is 0.648. The predicted octanol–water partition coefficient (Wildman–Crippen LogP) is 3.60. The lowest BCUT2D eigenvalue weighted by Crippen LogP contribution is -2.13. The van der Waals surface area contributed by atoms with Gasteiger partial charge in [-0.3, -0.25) is 4.99 Å². The van der Waals surface area contributed by atoms with Crippen molar-refractivity contribution in [3.05, 3.63) is 35.4 Å². The maximum Gasteiger partial charge on any atom is 0.0450 e. The Kier molecular flexibility index (Phi) is 3.20. The summed E-state index contributed by atoms with van der Waals surface area (Å²) in [6.07, 6.45) is 5.38. The molecule has 0 unspecified atom stereocenters. The van der Waals surface area contributed by atoms with Gasteiger partial charge in [0.1, 0.15) is 0 Å². The van der Waals surface area contributed by atoms with Crippen LogP contribution in [0.5, 0.6) is 0 Å². The fourth-order valence-electron chi connectivity index (χ4n) is 2.58. The second-order valence-electron chi connectivity index (χ2n) is 4.41. The van der Waals surface area contributed by atoms with Crippen molar-refractivity contribution < 1.29 is 0 Å². The van der Waals surface area contributed by atoms with Crippen LogP contribution in [0.2, 0.25) is 0 Å². The zero-order chi connectivity index (χ0) is 10.7. The van der Waals surface area contributed by atoms with E-state index >= 15 is 0 Å². The van der Waals surface area contributed by atoms with E-state index in [0.29, 0.717) is 5.92 Å². The maximum absolute atomic E-state index is 4.52. The summed E-state index contributed by atoms with van der Waals surface area (Å²) < 4.78 is 0. The molecule has 1 heteroatoms. The van der Waals surface area contributed by atoms with Crippen LogP contribution in [-0.2, 0) is 0 Å². The van der Waals surface area contributed by atoms with Gasteiger partial charge < -0.3 is 0 Å². The van der Waals surface area contributed by atoms with E-state index in [1.165, 1.54) is 42.5 Å². The third-order valence-electron chi connectivity index (χ3n) is 3.40. The van der Waals surface area contributed by atoms with Gasteiger partial charge in [-0.05, 0) is 30.9 Å². The Bertz CT molecular complexity index is 359. The molecule has 0 spiro atoms. The molecule has 1 aliphatic carbocycles. The number of aliphatic imine (C=N–C) groups is 1. The number of rotatable bonds is 2. The molecule has 0 amide bonds. The average Bonchev–Trinajstić information content (AvgIpc) is 2.75. The molecule has 15 heavy (non-hydrogen) atoms. The van der Waals surface area contributed by atoms with Crippen LogP contribution in [0.1, 0.15) is 36.8 Å². The van der Waals surface area contributed by atoms with Gasteiger partial charge in [-0.1, -0.05) is 37.1 Å². The van der Waals surface area contributed by atoms with Gasteiger partial charge in [0, 0.05) is 18.7 Å². The van der Waals surface area contributed by atoms with Gasteiger partial charge in [-0.25, -0.2) is 0 Å². The molecule has 1 aromatic rings. The van der Waals surface area contributed by atoms with Crippen molar-refractivity contribution in [3.63, 3.8) is 0 Å². The second kappa shape index (κ2) is 4.61. The molecular weight excluding hydrogens is 182 g/mol. The standard InChI is InChI=1S/C14H19N/c1-11-7-3-6-10-13(11)14(15-2)12-8-4-5-9-12/h3,6-7,10,12H,4-5,8-9H2,1-2H3. The normalized spacial score (nSPS) is 18.4. The van der Waals surface area contributed by atoms with E-state index in [1.54, 1.807) is 0 Å². The number of aryl methyl sites for hydroxylation is 1. The molecule has 80 valence electrons. The number of hydrogen-bond donors (Lipinski definition) is 0. The largest absolute Gasteiger partial charge is 0.292 e. The van der Waals surface area contributed by atoms with Gasteiger partial charge in [0.2, 0.25) is 0 Å². The molecular formula is C14H19N. The van der Waals surface area contributed by atoms with Crippen molar-refractivity contribution in [1.82, 2.24) is 0 Å². The minimum absolute atomic E-state index is 0.705. The summed E-state index contributed by atoms with van der Waals surface area (Å²) in [7, 11) is 1.93. The summed E-state index contributed by atoms with van der Waals surface area (Å²) in [6.45, 7) is 2.18. The molecule has 1 saturated carbocycles. The molecule has 0 aliphatic heterocycles. The monoisotopic (exact) mass is 201 g/mol. The zero-order valence-electron chi connectivity index (χ0n) is 9.66. The minimum Gasteiger partial charge on any atom is -0.292 e. The van der Waals surface area contributed by atoms with Crippen LogP contribution in [0.25, 0.3) is 0 Å². The van der Waals surface area contributed by atoms with E-state index in [-0.39, 0.29) is 0 Å². The first kappa shape index (κ1) is 10.4. The van der Waals surface area contributed by atoms with Crippen molar-refractivity contribution >= 4 is 5.71 Å². The van der Waals surface area contributed by atoms with Crippen molar-refractivity contribution in [2.45, 2.75) is 32.6 Å². The average molecular weight is 201 g/mol. The van der Waals surface area contributed by atoms with Crippen LogP contribution >= 0.6 is 0 Å². The maximum atomic E-state index is 4.52. The fraction of sp³-hybridized carbons (Fsp3) is 0.500. The smallest absolute Gasteiger partial charge is 0.0450 e. The highest BCUT2D eigenvalue weighted by atomic mass is 14.7. The SMILES string of the molecule is CN=C(c1ccccc1C)C1CCCC1. The molecule has 1 fully saturated rings. The van der Waals surface area contributed by atoms with Crippen LogP contribution in [0, 0.1) is 12.8 Å². The summed E-state index contributed by atoms with van der Waals surface area (Å²) in [5.74, 6) is 0.705. The molecule has 1 aromatic carbocycles. The number of nitrogens with zero attached hydrogens (tertiary/aromatic N) is 1. The van der Waals surface area contributed by atoms with Gasteiger partial charge in [0.05, 0.1) is 0 Å². The van der Waals surface area contributed by atoms with Gasteiger partial charge in [0.15, 0.2) is 0 Å². The topological polar surface area (TPSA) is 12.4 Å². The lowest BCUT2D eigenvalue weighted by atomic mass is 9.92. The van der Waals surface area contributed by atoms with Gasteiger partial charge in [-0.2, -0.15) is 0 Å². The van der Waals surface area contributed by atoms with E-state index in [9.17, 15) is 0 Å². The Balaban J connectivity index is 2.31. The van der Waals surface area contributed by atoms with Crippen LogP contribution in [0.3, 0.4) is 0 Å². The fourth-order valence-corrected chi connectivity index (χ4v) is 2.58.